The Morgan fingerprint density at radius 2 is 1.62 bits per heavy atom. The van der Waals surface area contributed by atoms with E-state index in [0.717, 1.165) is 0 Å². The number of carbonyl (C=O) groups is 3. The molecule has 0 aliphatic carbocycles. The van der Waals surface area contributed by atoms with Gasteiger partial charge in [-0.05, 0) is 36.2 Å². The van der Waals surface area contributed by atoms with Gasteiger partial charge in [-0.15, -0.1) is 0 Å². The summed E-state index contributed by atoms with van der Waals surface area (Å²) in [7, 11) is -4.11. The Morgan fingerprint density at radius 1 is 1.03 bits per heavy atom. The molecule has 2 amide bonds. The summed E-state index contributed by atoms with van der Waals surface area (Å²) in [4.78, 5) is 42.2. The number of benzene rings is 2. The molecule has 1 aliphatic heterocycles. The van der Waals surface area contributed by atoms with Crippen LogP contribution in [-0.2, 0) is 19.7 Å². The summed E-state index contributed by atoms with van der Waals surface area (Å²) in [5.74, 6) is -3.20. The average molecular weight is 437 g/mol. The first-order chi connectivity index (χ1) is 13.6. The number of carbonyl (C=O) groups excluding carboxylic acids is 3. The van der Waals surface area contributed by atoms with Crippen LogP contribution in [0.4, 0.5) is 0 Å². The molecule has 10 heteroatoms. The van der Waals surface area contributed by atoms with Gasteiger partial charge in [0.25, 0.3) is 11.8 Å². The third-order valence-electron chi connectivity index (χ3n) is 4.25. The van der Waals surface area contributed by atoms with Crippen LogP contribution in [0, 0.1) is 5.92 Å². The van der Waals surface area contributed by atoms with Crippen molar-refractivity contribution in [3.63, 3.8) is 0 Å². The van der Waals surface area contributed by atoms with Gasteiger partial charge >= 0.3 is 5.97 Å². The number of nitrogens with zero attached hydrogens (tertiary/aromatic N) is 1. The minimum atomic E-state index is -4.11. The summed E-state index contributed by atoms with van der Waals surface area (Å²) in [5, 5.41) is 0.554. The predicted octanol–water partition coefficient (Wildman–Crippen LogP) is 2.40. The highest BCUT2D eigenvalue weighted by Gasteiger charge is 2.41. The zero-order chi connectivity index (χ0) is 21.3. The summed E-state index contributed by atoms with van der Waals surface area (Å²) < 4.78 is 27.5. The molecule has 8 nitrogen and oxygen atoms in total. The molecule has 29 heavy (non-hydrogen) atoms. The van der Waals surface area contributed by atoms with Gasteiger partial charge in [-0.25, -0.2) is 13.2 Å². The largest absolute Gasteiger partial charge is 0.351 e. The van der Waals surface area contributed by atoms with Crippen LogP contribution in [0.15, 0.2) is 53.4 Å². The third kappa shape index (κ3) is 4.16. The molecule has 0 radical (unpaired) electrons. The minimum absolute atomic E-state index is 0.103. The Morgan fingerprint density at radius 3 is 2.14 bits per heavy atom. The lowest BCUT2D eigenvalue weighted by Crippen LogP contribution is -2.48. The fourth-order valence-electron chi connectivity index (χ4n) is 2.72. The molecule has 0 fully saturated rings. The topological polar surface area (TPSA) is 110 Å². The van der Waals surface area contributed by atoms with Crippen LogP contribution in [-0.4, -0.2) is 37.3 Å². The maximum absolute atomic E-state index is 12.6. The van der Waals surface area contributed by atoms with Gasteiger partial charge in [-0.1, -0.05) is 48.7 Å². The zero-order valence-electron chi connectivity index (χ0n) is 15.5. The van der Waals surface area contributed by atoms with Gasteiger partial charge in [-0.3, -0.25) is 9.59 Å². The number of sulfonamides is 1. The van der Waals surface area contributed by atoms with Crippen LogP contribution in [0.2, 0.25) is 5.02 Å². The second-order valence-electron chi connectivity index (χ2n) is 6.66. The van der Waals surface area contributed by atoms with Crippen molar-refractivity contribution in [1.29, 1.82) is 0 Å². The second-order valence-corrected chi connectivity index (χ2v) is 8.81. The molecule has 1 heterocycles. The quantitative estimate of drug-likeness (QED) is 0.696. The highest BCUT2D eigenvalue weighted by atomic mass is 35.5. The fourth-order valence-corrected chi connectivity index (χ4v) is 4.36. The number of rotatable bonds is 6. The Labute approximate surface area is 172 Å². The number of fused-ring (bicyclic) bond motifs is 1. The van der Waals surface area contributed by atoms with Crippen LogP contribution in [0.5, 0.6) is 0 Å². The van der Waals surface area contributed by atoms with E-state index < -0.39 is 39.8 Å². The van der Waals surface area contributed by atoms with Gasteiger partial charge in [0, 0.05) is 5.02 Å². The van der Waals surface area contributed by atoms with Gasteiger partial charge in [0.15, 0.2) is 0 Å². The number of amides is 2. The van der Waals surface area contributed by atoms with Crippen LogP contribution >= 0.6 is 11.6 Å². The molecule has 0 saturated heterocycles. The number of imide groups is 1. The van der Waals surface area contributed by atoms with Crippen LogP contribution in [0.25, 0.3) is 0 Å². The first-order valence-electron chi connectivity index (χ1n) is 8.59. The molecule has 1 aliphatic rings. The summed E-state index contributed by atoms with van der Waals surface area (Å²) in [5.41, 5.74) is 0.205. The summed E-state index contributed by atoms with van der Waals surface area (Å²) in [6, 6.07) is 10.2. The molecule has 0 saturated carbocycles. The number of nitrogens with one attached hydrogen (secondary N) is 1. The average Bonchev–Trinajstić information content (AvgIpc) is 2.91. The molecular weight excluding hydrogens is 420 g/mol. The van der Waals surface area contributed by atoms with Crippen molar-refractivity contribution in [3.8, 4) is 0 Å². The van der Waals surface area contributed by atoms with Crippen molar-refractivity contribution in [2.75, 3.05) is 0 Å². The molecule has 0 spiro atoms. The Bertz CT molecular complexity index is 1060. The van der Waals surface area contributed by atoms with Crippen LogP contribution in [0.1, 0.15) is 34.6 Å². The number of hydroxylamine groups is 2. The second kappa shape index (κ2) is 7.94. The van der Waals surface area contributed by atoms with Crippen molar-refractivity contribution in [3.05, 3.63) is 64.7 Å². The van der Waals surface area contributed by atoms with Gasteiger partial charge < -0.3 is 4.84 Å². The van der Waals surface area contributed by atoms with E-state index in [2.05, 4.69) is 4.72 Å². The Hall–Kier alpha value is -2.75. The SMILES string of the molecule is CC(C)C(NS(=O)(=O)c1cccc(Cl)c1)C(=O)ON1C(=O)c2ccccc2C1=O. The molecule has 2 aromatic rings. The molecule has 0 bridgehead atoms. The van der Waals surface area contributed by atoms with E-state index in [9.17, 15) is 22.8 Å². The number of hydrogen-bond donors (Lipinski definition) is 1. The first-order valence-corrected chi connectivity index (χ1v) is 10.5. The third-order valence-corrected chi connectivity index (χ3v) is 5.92. The zero-order valence-corrected chi connectivity index (χ0v) is 17.0. The fraction of sp³-hybridized carbons (Fsp3) is 0.211. The van der Waals surface area contributed by atoms with Crippen molar-refractivity contribution >= 4 is 39.4 Å². The van der Waals surface area contributed by atoms with E-state index in [1.54, 1.807) is 26.0 Å². The van der Waals surface area contributed by atoms with E-state index in [-0.39, 0.29) is 21.0 Å². The maximum atomic E-state index is 12.6. The van der Waals surface area contributed by atoms with E-state index in [1.807, 2.05) is 0 Å². The molecule has 1 unspecified atom stereocenters. The monoisotopic (exact) mass is 436 g/mol. The lowest BCUT2D eigenvalue weighted by atomic mass is 10.1. The number of halogens is 1. The summed E-state index contributed by atoms with van der Waals surface area (Å²) >= 11 is 5.84. The first kappa shape index (κ1) is 21.0. The van der Waals surface area contributed by atoms with Crippen LogP contribution in [0.3, 0.4) is 0 Å². The molecule has 1 atom stereocenters. The highest BCUT2D eigenvalue weighted by molar-refractivity contribution is 7.89. The van der Waals surface area contributed by atoms with E-state index in [4.69, 9.17) is 16.4 Å². The van der Waals surface area contributed by atoms with E-state index in [0.29, 0.717) is 5.06 Å². The van der Waals surface area contributed by atoms with Gasteiger partial charge in [0.2, 0.25) is 10.0 Å². The van der Waals surface area contributed by atoms with Crippen LogP contribution < -0.4 is 4.72 Å². The van der Waals surface area contributed by atoms with Crippen molar-refractivity contribution in [2.45, 2.75) is 24.8 Å². The van der Waals surface area contributed by atoms with Gasteiger partial charge in [-0.2, -0.15) is 4.72 Å². The number of hydrogen-bond acceptors (Lipinski definition) is 6. The predicted molar refractivity (Wildman–Crippen MR) is 103 cm³/mol. The Balaban J connectivity index is 1.81. The maximum Gasteiger partial charge on any atom is 0.351 e. The molecule has 3 rings (SSSR count). The molecular formula is C19H17ClN2O6S. The summed E-state index contributed by atoms with van der Waals surface area (Å²) in [6.07, 6.45) is 0. The van der Waals surface area contributed by atoms with E-state index in [1.165, 1.54) is 36.4 Å². The summed E-state index contributed by atoms with van der Waals surface area (Å²) in [6.45, 7) is 3.18. The van der Waals surface area contributed by atoms with Crippen molar-refractivity contribution < 1.29 is 27.6 Å². The highest BCUT2D eigenvalue weighted by Crippen LogP contribution is 2.24. The van der Waals surface area contributed by atoms with Crippen molar-refractivity contribution in [1.82, 2.24) is 9.79 Å². The normalized spacial score (nSPS) is 14.8. The van der Waals surface area contributed by atoms with Gasteiger partial charge in [0.1, 0.15) is 6.04 Å². The standard InChI is InChI=1S/C19H17ClN2O6S/c1-11(2)16(21-29(26,27)13-7-5-6-12(20)10-13)19(25)28-22-17(23)14-8-3-4-9-15(14)18(22)24/h3-11,16,21H,1-2H3. The lowest BCUT2D eigenvalue weighted by molar-refractivity contribution is -0.171. The Kier molecular flexibility index (Phi) is 5.74. The molecule has 1 N–H and O–H groups in total. The lowest BCUT2D eigenvalue weighted by Gasteiger charge is -2.22. The minimum Gasteiger partial charge on any atom is -0.328 e. The van der Waals surface area contributed by atoms with E-state index >= 15 is 0 Å². The van der Waals surface area contributed by atoms with Crippen molar-refractivity contribution in [2.24, 2.45) is 5.92 Å². The molecule has 0 aromatic heterocycles. The van der Waals surface area contributed by atoms with Gasteiger partial charge in [0.05, 0.1) is 16.0 Å². The molecule has 2 aromatic carbocycles. The smallest absolute Gasteiger partial charge is 0.328 e. The molecule has 152 valence electrons.